The maximum Gasteiger partial charge on any atom is 0.255 e. The second-order valence-electron chi connectivity index (χ2n) is 7.38. The van der Waals surface area contributed by atoms with Crippen LogP contribution in [0.4, 0.5) is 0 Å². The van der Waals surface area contributed by atoms with Crippen molar-refractivity contribution >= 4 is 28.1 Å². The zero-order valence-corrected chi connectivity index (χ0v) is 16.5. The summed E-state index contributed by atoms with van der Waals surface area (Å²) in [6.45, 7) is 4.69. The van der Waals surface area contributed by atoms with E-state index in [0.29, 0.717) is 12.0 Å². The van der Waals surface area contributed by atoms with Crippen molar-refractivity contribution < 1.29 is 9.90 Å². The minimum Gasteiger partial charge on any atom is -0.387 e. The number of pyridine rings is 1. The van der Waals surface area contributed by atoms with Gasteiger partial charge in [-0.15, -0.1) is 11.3 Å². The van der Waals surface area contributed by atoms with Gasteiger partial charge in [-0.1, -0.05) is 18.2 Å². The molecule has 1 saturated heterocycles. The maximum atomic E-state index is 13.3. The predicted molar refractivity (Wildman–Crippen MR) is 109 cm³/mol. The van der Waals surface area contributed by atoms with Crippen LogP contribution in [0.15, 0.2) is 41.8 Å². The highest BCUT2D eigenvalue weighted by Gasteiger charge is 2.32. The minimum atomic E-state index is -0.512. The van der Waals surface area contributed by atoms with E-state index in [9.17, 15) is 9.90 Å². The lowest BCUT2D eigenvalue weighted by atomic mass is 10.0. The van der Waals surface area contributed by atoms with Crippen LogP contribution < -0.4 is 0 Å². The monoisotopic (exact) mass is 380 g/mol. The molecular formula is C22H24N2O2S. The Morgan fingerprint density at radius 2 is 2.19 bits per heavy atom. The van der Waals surface area contributed by atoms with Crippen molar-refractivity contribution in [2.75, 3.05) is 6.54 Å². The molecule has 0 spiro atoms. The molecule has 1 amide bonds. The molecule has 1 fully saturated rings. The zero-order valence-electron chi connectivity index (χ0n) is 15.7. The number of aromatic nitrogens is 1. The lowest BCUT2D eigenvalue weighted by Gasteiger charge is -2.27. The third-order valence-corrected chi connectivity index (χ3v) is 6.37. The number of amides is 1. The van der Waals surface area contributed by atoms with Gasteiger partial charge in [0.1, 0.15) is 0 Å². The summed E-state index contributed by atoms with van der Waals surface area (Å²) in [5, 5.41) is 13.5. The number of aryl methyl sites for hydroxylation is 2. The van der Waals surface area contributed by atoms with Crippen molar-refractivity contribution in [2.24, 2.45) is 0 Å². The van der Waals surface area contributed by atoms with E-state index in [1.54, 1.807) is 11.3 Å². The van der Waals surface area contributed by atoms with Gasteiger partial charge in [0.2, 0.25) is 0 Å². The fourth-order valence-electron chi connectivity index (χ4n) is 3.95. The van der Waals surface area contributed by atoms with Crippen LogP contribution in [-0.4, -0.2) is 33.5 Å². The quantitative estimate of drug-likeness (QED) is 0.717. The molecule has 140 valence electrons. The van der Waals surface area contributed by atoms with Crippen molar-refractivity contribution in [3.05, 3.63) is 63.5 Å². The van der Waals surface area contributed by atoms with E-state index in [4.69, 9.17) is 0 Å². The van der Waals surface area contributed by atoms with Crippen LogP contribution in [-0.2, 0) is 0 Å². The number of aliphatic hydroxyl groups excluding tert-OH is 1. The van der Waals surface area contributed by atoms with Gasteiger partial charge in [0.15, 0.2) is 0 Å². The third-order valence-electron chi connectivity index (χ3n) is 5.40. The Morgan fingerprint density at radius 3 is 2.96 bits per heavy atom. The predicted octanol–water partition coefficient (Wildman–Crippen LogP) is 4.64. The molecule has 0 aliphatic carbocycles. The van der Waals surface area contributed by atoms with Crippen LogP contribution in [0, 0.1) is 13.8 Å². The van der Waals surface area contributed by atoms with E-state index in [2.05, 4.69) is 4.98 Å². The van der Waals surface area contributed by atoms with Crippen LogP contribution in [0.3, 0.4) is 0 Å². The Balaban J connectivity index is 1.58. The second kappa shape index (κ2) is 7.41. The number of carbonyl (C=O) groups excluding carboxylic acids is 1. The molecule has 2 atom stereocenters. The SMILES string of the molecule is Cc1ccc2cc(C(=O)N3CCC[C@H]3C[C@@H](O)c3cccs3)c(C)nc2c1. The summed E-state index contributed by atoms with van der Waals surface area (Å²) in [6, 6.07) is 12.1. The number of aliphatic hydroxyl groups is 1. The molecule has 3 heterocycles. The standard InChI is InChI=1S/C22H24N2O2S/c1-14-7-8-16-12-18(15(2)23-19(16)11-14)22(26)24-9-3-5-17(24)13-20(25)21-6-4-10-27-21/h4,6-8,10-12,17,20,25H,3,5,9,13H2,1-2H3/t17-,20+/m0/s1. The van der Waals surface area contributed by atoms with Gasteiger partial charge in [-0.25, -0.2) is 0 Å². The van der Waals surface area contributed by atoms with E-state index in [1.807, 2.05) is 60.5 Å². The van der Waals surface area contributed by atoms with Gasteiger partial charge in [-0.05, 0) is 62.3 Å². The Bertz CT molecular complexity index is 968. The molecule has 0 bridgehead atoms. The first-order valence-corrected chi connectivity index (χ1v) is 10.3. The number of hydrogen-bond donors (Lipinski definition) is 1. The number of benzene rings is 1. The molecule has 2 aromatic heterocycles. The fraction of sp³-hybridized carbons (Fsp3) is 0.364. The largest absolute Gasteiger partial charge is 0.387 e. The molecule has 1 aliphatic heterocycles. The van der Waals surface area contributed by atoms with Crippen LogP contribution in [0.2, 0.25) is 0 Å². The lowest BCUT2D eigenvalue weighted by molar-refractivity contribution is 0.0669. The summed E-state index contributed by atoms with van der Waals surface area (Å²) < 4.78 is 0. The Hall–Kier alpha value is -2.24. The van der Waals surface area contributed by atoms with Crippen molar-refractivity contribution in [1.29, 1.82) is 0 Å². The molecule has 1 aromatic carbocycles. The molecule has 5 heteroatoms. The molecular weight excluding hydrogens is 356 g/mol. The van der Waals surface area contributed by atoms with Gasteiger partial charge in [0.05, 0.1) is 22.9 Å². The van der Waals surface area contributed by atoms with Gasteiger partial charge in [-0.3, -0.25) is 9.78 Å². The highest BCUT2D eigenvalue weighted by Crippen LogP contribution is 2.31. The fourth-order valence-corrected chi connectivity index (χ4v) is 4.67. The first-order chi connectivity index (χ1) is 13.0. The van der Waals surface area contributed by atoms with Gasteiger partial charge < -0.3 is 10.0 Å². The normalized spacial score (nSPS) is 18.2. The lowest BCUT2D eigenvalue weighted by Crippen LogP contribution is -2.37. The van der Waals surface area contributed by atoms with Crippen molar-refractivity contribution in [3.63, 3.8) is 0 Å². The number of thiophene rings is 1. The smallest absolute Gasteiger partial charge is 0.255 e. The van der Waals surface area contributed by atoms with Gasteiger partial charge in [0.25, 0.3) is 5.91 Å². The first-order valence-electron chi connectivity index (χ1n) is 9.43. The average molecular weight is 381 g/mol. The Labute approximate surface area is 163 Å². The van der Waals surface area contributed by atoms with Crippen LogP contribution in [0.1, 0.15) is 51.9 Å². The van der Waals surface area contributed by atoms with Crippen molar-refractivity contribution in [3.8, 4) is 0 Å². The number of rotatable bonds is 4. The summed E-state index contributed by atoms with van der Waals surface area (Å²) in [7, 11) is 0. The molecule has 4 nitrogen and oxygen atoms in total. The maximum absolute atomic E-state index is 13.3. The second-order valence-corrected chi connectivity index (χ2v) is 8.36. The molecule has 4 rings (SSSR count). The molecule has 27 heavy (non-hydrogen) atoms. The van der Waals surface area contributed by atoms with E-state index in [0.717, 1.165) is 46.4 Å². The van der Waals surface area contributed by atoms with Gasteiger partial charge in [0, 0.05) is 22.8 Å². The summed E-state index contributed by atoms with van der Waals surface area (Å²) in [4.78, 5) is 20.8. The first kappa shape index (κ1) is 18.1. The van der Waals surface area contributed by atoms with Crippen molar-refractivity contribution in [1.82, 2.24) is 9.88 Å². The summed E-state index contributed by atoms with van der Waals surface area (Å²) in [6.07, 6.45) is 1.99. The molecule has 1 N–H and O–H groups in total. The van der Waals surface area contributed by atoms with Crippen molar-refractivity contribution in [2.45, 2.75) is 45.3 Å². The van der Waals surface area contributed by atoms with E-state index in [-0.39, 0.29) is 11.9 Å². The molecule has 0 radical (unpaired) electrons. The zero-order chi connectivity index (χ0) is 19.0. The third kappa shape index (κ3) is 3.62. The van der Waals surface area contributed by atoms with Gasteiger partial charge >= 0.3 is 0 Å². The highest BCUT2D eigenvalue weighted by molar-refractivity contribution is 7.10. The number of hydrogen-bond acceptors (Lipinski definition) is 4. The van der Waals surface area contributed by atoms with E-state index >= 15 is 0 Å². The van der Waals surface area contributed by atoms with Crippen LogP contribution >= 0.6 is 11.3 Å². The molecule has 3 aromatic rings. The minimum absolute atomic E-state index is 0.0309. The van der Waals surface area contributed by atoms with Gasteiger partial charge in [-0.2, -0.15) is 0 Å². The van der Waals surface area contributed by atoms with Crippen LogP contribution in [0.25, 0.3) is 10.9 Å². The Morgan fingerprint density at radius 1 is 1.33 bits per heavy atom. The molecule has 1 aliphatic rings. The van der Waals surface area contributed by atoms with E-state index in [1.165, 1.54) is 0 Å². The number of nitrogens with zero attached hydrogens (tertiary/aromatic N) is 2. The Kier molecular flexibility index (Phi) is 4.98. The number of fused-ring (bicyclic) bond motifs is 1. The highest BCUT2D eigenvalue weighted by atomic mass is 32.1. The van der Waals surface area contributed by atoms with E-state index < -0.39 is 6.10 Å². The van der Waals surface area contributed by atoms with Crippen LogP contribution in [0.5, 0.6) is 0 Å². The number of carbonyl (C=O) groups is 1. The summed E-state index contributed by atoms with van der Waals surface area (Å²) >= 11 is 1.56. The average Bonchev–Trinajstić information content (AvgIpc) is 3.32. The topological polar surface area (TPSA) is 53.4 Å². The molecule has 0 saturated carbocycles. The summed E-state index contributed by atoms with van der Waals surface area (Å²) in [5.41, 5.74) is 3.53. The molecule has 0 unspecified atom stereocenters. The summed E-state index contributed by atoms with van der Waals surface area (Å²) in [5.74, 6) is 0.0309. The number of likely N-dealkylation sites (tertiary alicyclic amines) is 1.